The van der Waals surface area contributed by atoms with E-state index in [0.717, 1.165) is 25.7 Å². The molecule has 0 saturated carbocycles. The van der Waals surface area contributed by atoms with E-state index in [1.54, 1.807) is 12.0 Å². The summed E-state index contributed by atoms with van der Waals surface area (Å²) in [6.07, 6.45) is 3.05. The normalized spacial score (nSPS) is 23.6. The fourth-order valence-electron chi connectivity index (χ4n) is 3.85. The lowest BCUT2D eigenvalue weighted by Gasteiger charge is -2.38. The maximum Gasteiger partial charge on any atom is 0.327 e. The van der Waals surface area contributed by atoms with Gasteiger partial charge in [0.25, 0.3) is 0 Å². The van der Waals surface area contributed by atoms with E-state index in [4.69, 9.17) is 9.47 Å². The smallest absolute Gasteiger partial charge is 0.327 e. The lowest BCUT2D eigenvalue weighted by Crippen LogP contribution is -2.49. The molecule has 3 aliphatic heterocycles. The first-order valence-corrected chi connectivity index (χ1v) is 9.08. The van der Waals surface area contributed by atoms with Crippen molar-refractivity contribution in [3.63, 3.8) is 0 Å². The van der Waals surface area contributed by atoms with Crippen LogP contribution < -0.4 is 0 Å². The second-order valence-corrected chi connectivity index (χ2v) is 6.89. The van der Waals surface area contributed by atoms with E-state index in [-0.39, 0.29) is 36.3 Å². The first kappa shape index (κ1) is 18.1. The molecule has 0 aromatic rings. The van der Waals surface area contributed by atoms with Crippen LogP contribution in [0.4, 0.5) is 4.79 Å². The predicted octanol–water partition coefficient (Wildman–Crippen LogP) is 0.315. The maximum absolute atomic E-state index is 12.6. The molecule has 8 nitrogen and oxygen atoms in total. The average molecular weight is 353 g/mol. The van der Waals surface area contributed by atoms with Gasteiger partial charge in [0.15, 0.2) is 0 Å². The number of methoxy groups -OCH3 is 1. The number of hydrogen-bond donors (Lipinski definition) is 0. The van der Waals surface area contributed by atoms with Gasteiger partial charge in [-0.15, -0.1) is 0 Å². The number of likely N-dealkylation sites (tertiary alicyclic amines) is 1. The Bertz CT molecular complexity index is 512. The zero-order valence-electron chi connectivity index (χ0n) is 14.8. The van der Waals surface area contributed by atoms with Gasteiger partial charge in [0.2, 0.25) is 11.8 Å². The lowest BCUT2D eigenvalue weighted by atomic mass is 9.96. The number of piperidine rings is 1. The standard InChI is InChI=1S/C17H27N3O5/c1-24-11-8-19-15(21)12-20(17(19)23)14-2-6-18(7-3-14)16(22)13-4-9-25-10-5-13/h13-14H,2-12H2,1H3. The van der Waals surface area contributed by atoms with E-state index in [0.29, 0.717) is 39.5 Å². The number of nitrogens with zero attached hydrogens (tertiary/aromatic N) is 3. The fraction of sp³-hybridized carbons (Fsp3) is 0.824. The zero-order valence-corrected chi connectivity index (χ0v) is 14.8. The summed E-state index contributed by atoms with van der Waals surface area (Å²) in [5.41, 5.74) is 0. The number of rotatable bonds is 5. The van der Waals surface area contributed by atoms with Gasteiger partial charge in [0, 0.05) is 45.4 Å². The Kier molecular flexibility index (Phi) is 5.90. The molecule has 3 fully saturated rings. The lowest BCUT2D eigenvalue weighted by molar-refractivity contribution is -0.140. The van der Waals surface area contributed by atoms with Crippen LogP contribution in [0.5, 0.6) is 0 Å². The second-order valence-electron chi connectivity index (χ2n) is 6.89. The third-order valence-corrected chi connectivity index (χ3v) is 5.39. The Hall–Kier alpha value is -1.67. The molecule has 3 rings (SSSR count). The van der Waals surface area contributed by atoms with Crippen LogP contribution in [0.1, 0.15) is 25.7 Å². The Morgan fingerprint density at radius 3 is 2.48 bits per heavy atom. The largest absolute Gasteiger partial charge is 0.383 e. The van der Waals surface area contributed by atoms with Crippen LogP contribution in [0, 0.1) is 5.92 Å². The highest BCUT2D eigenvalue weighted by molar-refractivity contribution is 6.02. The third kappa shape index (κ3) is 3.95. The second kappa shape index (κ2) is 8.14. The van der Waals surface area contributed by atoms with Crippen LogP contribution >= 0.6 is 0 Å². The molecule has 3 heterocycles. The Labute approximate surface area is 148 Å². The van der Waals surface area contributed by atoms with Crippen molar-refractivity contribution in [2.75, 3.05) is 53.1 Å². The molecule has 4 amide bonds. The number of hydrogen-bond acceptors (Lipinski definition) is 5. The van der Waals surface area contributed by atoms with Gasteiger partial charge < -0.3 is 19.3 Å². The van der Waals surface area contributed by atoms with Gasteiger partial charge >= 0.3 is 6.03 Å². The molecule has 0 radical (unpaired) electrons. The van der Waals surface area contributed by atoms with Crippen molar-refractivity contribution in [2.45, 2.75) is 31.7 Å². The van der Waals surface area contributed by atoms with Gasteiger partial charge in [-0.25, -0.2) is 4.79 Å². The molecule has 3 aliphatic rings. The summed E-state index contributed by atoms with van der Waals surface area (Å²) in [4.78, 5) is 41.9. The topological polar surface area (TPSA) is 79.4 Å². The number of ether oxygens (including phenoxy) is 2. The van der Waals surface area contributed by atoms with Gasteiger partial charge in [0.05, 0.1) is 13.2 Å². The maximum atomic E-state index is 12.6. The number of urea groups is 1. The summed E-state index contributed by atoms with van der Waals surface area (Å²) >= 11 is 0. The van der Waals surface area contributed by atoms with E-state index < -0.39 is 0 Å². The van der Waals surface area contributed by atoms with Crippen LogP contribution in [-0.2, 0) is 19.1 Å². The Morgan fingerprint density at radius 2 is 1.84 bits per heavy atom. The van der Waals surface area contributed by atoms with E-state index in [1.165, 1.54) is 4.90 Å². The van der Waals surface area contributed by atoms with Crippen molar-refractivity contribution >= 4 is 17.8 Å². The molecule has 0 aliphatic carbocycles. The summed E-state index contributed by atoms with van der Waals surface area (Å²) in [7, 11) is 1.55. The van der Waals surface area contributed by atoms with Crippen molar-refractivity contribution in [3.8, 4) is 0 Å². The van der Waals surface area contributed by atoms with E-state index >= 15 is 0 Å². The van der Waals surface area contributed by atoms with Crippen molar-refractivity contribution in [2.24, 2.45) is 5.92 Å². The molecule has 140 valence electrons. The monoisotopic (exact) mass is 353 g/mol. The highest BCUT2D eigenvalue weighted by Crippen LogP contribution is 2.25. The summed E-state index contributed by atoms with van der Waals surface area (Å²) in [6.45, 7) is 3.41. The van der Waals surface area contributed by atoms with Crippen molar-refractivity contribution in [1.29, 1.82) is 0 Å². The highest BCUT2D eigenvalue weighted by Gasteiger charge is 2.41. The molecule has 0 aromatic heterocycles. The molecule has 0 atom stereocenters. The molecule has 0 bridgehead atoms. The number of carbonyl (C=O) groups is 3. The van der Waals surface area contributed by atoms with Crippen LogP contribution in [0.3, 0.4) is 0 Å². The van der Waals surface area contributed by atoms with Crippen LogP contribution in [-0.4, -0.2) is 91.7 Å². The Balaban J connectivity index is 1.51. The molecular formula is C17H27N3O5. The van der Waals surface area contributed by atoms with E-state index in [1.807, 2.05) is 4.90 Å². The van der Waals surface area contributed by atoms with Crippen molar-refractivity contribution in [1.82, 2.24) is 14.7 Å². The van der Waals surface area contributed by atoms with Crippen molar-refractivity contribution in [3.05, 3.63) is 0 Å². The summed E-state index contributed by atoms with van der Waals surface area (Å²) in [6, 6.07) is -0.195. The highest BCUT2D eigenvalue weighted by atomic mass is 16.5. The molecule has 3 saturated heterocycles. The first-order valence-electron chi connectivity index (χ1n) is 9.08. The summed E-state index contributed by atoms with van der Waals surface area (Å²) in [5.74, 6) is 0.125. The van der Waals surface area contributed by atoms with Crippen molar-refractivity contribution < 1.29 is 23.9 Å². The van der Waals surface area contributed by atoms with E-state index in [9.17, 15) is 14.4 Å². The van der Waals surface area contributed by atoms with Crippen LogP contribution in [0.15, 0.2) is 0 Å². The minimum absolute atomic E-state index is 0.0303. The first-order chi connectivity index (χ1) is 12.1. The van der Waals surface area contributed by atoms with Gasteiger partial charge in [-0.2, -0.15) is 0 Å². The fourth-order valence-corrected chi connectivity index (χ4v) is 3.85. The number of carbonyl (C=O) groups excluding carboxylic acids is 3. The van der Waals surface area contributed by atoms with Crippen LogP contribution in [0.2, 0.25) is 0 Å². The van der Waals surface area contributed by atoms with Gasteiger partial charge in [0.1, 0.15) is 6.54 Å². The molecule has 25 heavy (non-hydrogen) atoms. The van der Waals surface area contributed by atoms with E-state index in [2.05, 4.69) is 0 Å². The molecule has 8 heteroatoms. The average Bonchev–Trinajstić information content (AvgIpc) is 2.94. The predicted molar refractivity (Wildman–Crippen MR) is 88.8 cm³/mol. The molecule has 0 N–H and O–H groups in total. The van der Waals surface area contributed by atoms with Crippen LogP contribution in [0.25, 0.3) is 0 Å². The van der Waals surface area contributed by atoms with Gasteiger partial charge in [-0.05, 0) is 25.7 Å². The minimum atomic E-state index is -0.226. The number of amides is 4. The molecular weight excluding hydrogens is 326 g/mol. The quantitative estimate of drug-likeness (QED) is 0.665. The minimum Gasteiger partial charge on any atom is -0.383 e. The molecule has 0 aromatic carbocycles. The van der Waals surface area contributed by atoms with Gasteiger partial charge in [-0.3, -0.25) is 14.5 Å². The molecule has 0 spiro atoms. The molecule has 0 unspecified atom stereocenters. The Morgan fingerprint density at radius 1 is 1.16 bits per heavy atom. The zero-order chi connectivity index (χ0) is 17.8. The SMILES string of the molecule is COCCN1C(=O)CN(C2CCN(C(=O)C3CCOCC3)CC2)C1=O. The summed E-state index contributed by atoms with van der Waals surface area (Å²) < 4.78 is 10.3. The van der Waals surface area contributed by atoms with Gasteiger partial charge in [-0.1, -0.05) is 0 Å². The third-order valence-electron chi connectivity index (χ3n) is 5.39. The number of imide groups is 1. The summed E-state index contributed by atoms with van der Waals surface area (Å²) in [5, 5.41) is 0.